The molecule has 0 radical (unpaired) electrons. The van der Waals surface area contributed by atoms with Crippen molar-refractivity contribution in [3.8, 4) is 11.5 Å². The number of hydrogen-bond acceptors (Lipinski definition) is 4. The number of nitrogens with zero attached hydrogens (tertiary/aromatic N) is 1. The summed E-state index contributed by atoms with van der Waals surface area (Å²) in [6, 6.07) is 5.39. The van der Waals surface area contributed by atoms with E-state index in [1.165, 1.54) is 0 Å². The number of hydrogen-bond donors (Lipinski definition) is 2. The number of ether oxygens (including phenoxy) is 2. The predicted molar refractivity (Wildman–Crippen MR) is 66.2 cm³/mol. The second-order valence-electron chi connectivity index (χ2n) is 4.32. The van der Waals surface area contributed by atoms with E-state index >= 15 is 0 Å². The van der Waals surface area contributed by atoms with Gasteiger partial charge in [-0.3, -0.25) is 4.90 Å². The molecule has 6 nitrogen and oxygen atoms in total. The molecule has 2 amide bonds. The normalized spacial score (nSPS) is 21.9. The summed E-state index contributed by atoms with van der Waals surface area (Å²) in [7, 11) is 0. The molecular formula is C12H15N3O3. The molecule has 0 aromatic heterocycles. The molecule has 2 aliphatic heterocycles. The third kappa shape index (κ3) is 1.84. The number of carbonyl (C=O) groups excluding carboxylic acids is 1. The Kier molecular flexibility index (Phi) is 2.71. The van der Waals surface area contributed by atoms with Crippen LogP contribution in [-0.2, 0) is 0 Å². The molecule has 0 aliphatic carbocycles. The van der Waals surface area contributed by atoms with Crippen LogP contribution in [0, 0.1) is 0 Å². The minimum atomic E-state index is -0.123. The average molecular weight is 249 g/mol. The van der Waals surface area contributed by atoms with Crippen molar-refractivity contribution in [2.75, 3.05) is 31.2 Å². The van der Waals surface area contributed by atoms with Gasteiger partial charge in [0.15, 0.2) is 11.5 Å². The topological polar surface area (TPSA) is 76.8 Å². The smallest absolute Gasteiger partial charge is 0.322 e. The first kappa shape index (κ1) is 11.2. The fourth-order valence-corrected chi connectivity index (χ4v) is 2.16. The summed E-state index contributed by atoms with van der Waals surface area (Å²) in [6.45, 7) is 2.11. The molecule has 0 spiro atoms. The van der Waals surface area contributed by atoms with Crippen molar-refractivity contribution in [3.05, 3.63) is 18.2 Å². The maximum Gasteiger partial charge on any atom is 0.322 e. The van der Waals surface area contributed by atoms with Crippen LogP contribution in [0.25, 0.3) is 0 Å². The maximum atomic E-state index is 11.8. The van der Waals surface area contributed by atoms with E-state index in [-0.39, 0.29) is 12.1 Å². The molecule has 96 valence electrons. The maximum absolute atomic E-state index is 11.8. The van der Waals surface area contributed by atoms with Crippen molar-refractivity contribution in [1.82, 2.24) is 5.32 Å². The molecule has 0 saturated carbocycles. The summed E-state index contributed by atoms with van der Waals surface area (Å²) in [5.74, 6) is 1.41. The largest absolute Gasteiger partial charge is 0.486 e. The van der Waals surface area contributed by atoms with Crippen molar-refractivity contribution < 1.29 is 14.3 Å². The first-order valence-corrected chi connectivity index (χ1v) is 5.95. The zero-order chi connectivity index (χ0) is 12.5. The van der Waals surface area contributed by atoms with E-state index in [0.717, 1.165) is 11.4 Å². The van der Waals surface area contributed by atoms with Crippen LogP contribution in [0.2, 0.25) is 0 Å². The lowest BCUT2D eigenvalue weighted by Gasteiger charge is -2.21. The van der Waals surface area contributed by atoms with Gasteiger partial charge in [0.25, 0.3) is 0 Å². The van der Waals surface area contributed by atoms with Gasteiger partial charge in [0, 0.05) is 24.8 Å². The van der Waals surface area contributed by atoms with Crippen LogP contribution in [-0.4, -0.2) is 38.4 Å². The molecular weight excluding hydrogens is 234 g/mol. The van der Waals surface area contributed by atoms with E-state index in [4.69, 9.17) is 15.2 Å². The molecule has 2 heterocycles. The van der Waals surface area contributed by atoms with Gasteiger partial charge in [-0.25, -0.2) is 4.79 Å². The summed E-state index contributed by atoms with van der Waals surface area (Å²) in [5, 5.41) is 2.82. The zero-order valence-electron chi connectivity index (χ0n) is 9.89. The van der Waals surface area contributed by atoms with Gasteiger partial charge in [0.1, 0.15) is 13.2 Å². The number of rotatable bonds is 2. The van der Waals surface area contributed by atoms with Crippen LogP contribution in [0.1, 0.15) is 0 Å². The summed E-state index contributed by atoms with van der Waals surface area (Å²) < 4.78 is 11.0. The molecule has 1 fully saturated rings. The van der Waals surface area contributed by atoms with Gasteiger partial charge in [0.05, 0.1) is 6.04 Å². The average Bonchev–Trinajstić information content (AvgIpc) is 2.79. The molecule has 1 atom stereocenters. The Balaban J connectivity index is 1.86. The number of benzene rings is 1. The van der Waals surface area contributed by atoms with Gasteiger partial charge < -0.3 is 20.5 Å². The molecule has 6 heteroatoms. The van der Waals surface area contributed by atoms with Crippen LogP contribution < -0.4 is 25.4 Å². The van der Waals surface area contributed by atoms with E-state index < -0.39 is 0 Å². The minimum absolute atomic E-state index is 0.00528. The summed E-state index contributed by atoms with van der Waals surface area (Å²) in [5.41, 5.74) is 6.36. The van der Waals surface area contributed by atoms with Gasteiger partial charge in [-0.1, -0.05) is 0 Å². The van der Waals surface area contributed by atoms with E-state index in [1.807, 2.05) is 18.2 Å². The molecule has 1 unspecified atom stereocenters. The fraction of sp³-hybridized carbons (Fsp3) is 0.417. The Bertz CT molecular complexity index is 478. The molecule has 0 bridgehead atoms. The Morgan fingerprint density at radius 3 is 2.83 bits per heavy atom. The SMILES string of the molecule is NCC1CN(c2ccc3c(c2)OCCO3)C(=O)N1. The van der Waals surface area contributed by atoms with Crippen LogP contribution >= 0.6 is 0 Å². The number of urea groups is 1. The van der Waals surface area contributed by atoms with Crippen molar-refractivity contribution in [2.45, 2.75) is 6.04 Å². The minimum Gasteiger partial charge on any atom is -0.486 e. The van der Waals surface area contributed by atoms with E-state index in [9.17, 15) is 4.79 Å². The second-order valence-corrected chi connectivity index (χ2v) is 4.32. The highest BCUT2D eigenvalue weighted by molar-refractivity contribution is 5.95. The van der Waals surface area contributed by atoms with Crippen LogP contribution in [0.15, 0.2) is 18.2 Å². The zero-order valence-corrected chi connectivity index (χ0v) is 9.89. The number of nitrogens with two attached hydrogens (primary N) is 1. The Labute approximate surface area is 105 Å². The third-order valence-electron chi connectivity index (χ3n) is 3.10. The van der Waals surface area contributed by atoms with Crippen LogP contribution in [0.3, 0.4) is 0 Å². The van der Waals surface area contributed by atoms with E-state index in [2.05, 4.69) is 5.32 Å². The molecule has 3 N–H and O–H groups in total. The lowest BCUT2D eigenvalue weighted by atomic mass is 10.2. The lowest BCUT2D eigenvalue weighted by molar-refractivity contribution is 0.171. The molecule has 2 aliphatic rings. The van der Waals surface area contributed by atoms with Gasteiger partial charge in [-0.2, -0.15) is 0 Å². The van der Waals surface area contributed by atoms with Gasteiger partial charge in [-0.15, -0.1) is 0 Å². The summed E-state index contributed by atoms with van der Waals surface area (Å²) in [4.78, 5) is 13.5. The predicted octanol–water partition coefficient (Wildman–Crippen LogP) is 0.315. The van der Waals surface area contributed by atoms with Crippen molar-refractivity contribution in [1.29, 1.82) is 0 Å². The first-order valence-electron chi connectivity index (χ1n) is 5.95. The Hall–Kier alpha value is -1.95. The lowest BCUT2D eigenvalue weighted by Crippen LogP contribution is -2.33. The second kappa shape index (κ2) is 4.38. The monoisotopic (exact) mass is 249 g/mol. The van der Waals surface area contributed by atoms with Gasteiger partial charge >= 0.3 is 6.03 Å². The highest BCUT2D eigenvalue weighted by Crippen LogP contribution is 2.34. The standard InChI is InChI=1S/C12H15N3O3/c13-6-8-7-15(12(16)14-8)9-1-2-10-11(5-9)18-4-3-17-10/h1-2,5,8H,3-4,6-7,13H2,(H,14,16). The van der Waals surface area contributed by atoms with Gasteiger partial charge in [-0.05, 0) is 12.1 Å². The van der Waals surface area contributed by atoms with Gasteiger partial charge in [0.2, 0.25) is 0 Å². The molecule has 1 saturated heterocycles. The van der Waals surface area contributed by atoms with E-state index in [1.54, 1.807) is 4.90 Å². The highest BCUT2D eigenvalue weighted by Gasteiger charge is 2.29. The summed E-state index contributed by atoms with van der Waals surface area (Å²) >= 11 is 0. The number of fused-ring (bicyclic) bond motifs is 1. The highest BCUT2D eigenvalue weighted by atomic mass is 16.6. The number of carbonyl (C=O) groups is 1. The van der Waals surface area contributed by atoms with Crippen LogP contribution in [0.4, 0.5) is 10.5 Å². The quantitative estimate of drug-likeness (QED) is 0.791. The molecule has 18 heavy (non-hydrogen) atoms. The van der Waals surface area contributed by atoms with Crippen molar-refractivity contribution in [3.63, 3.8) is 0 Å². The first-order chi connectivity index (χ1) is 8.78. The fourth-order valence-electron chi connectivity index (χ4n) is 2.16. The van der Waals surface area contributed by atoms with Crippen molar-refractivity contribution in [2.24, 2.45) is 5.73 Å². The Morgan fingerprint density at radius 1 is 1.33 bits per heavy atom. The Morgan fingerprint density at radius 2 is 2.11 bits per heavy atom. The van der Waals surface area contributed by atoms with Crippen LogP contribution in [0.5, 0.6) is 11.5 Å². The third-order valence-corrected chi connectivity index (χ3v) is 3.10. The summed E-state index contributed by atoms with van der Waals surface area (Å²) in [6.07, 6.45) is 0. The molecule has 1 aromatic carbocycles. The van der Waals surface area contributed by atoms with Crippen molar-refractivity contribution >= 4 is 11.7 Å². The number of anilines is 1. The number of nitrogens with one attached hydrogen (secondary N) is 1. The van der Waals surface area contributed by atoms with E-state index in [0.29, 0.717) is 32.1 Å². The molecule has 1 aromatic rings. The molecule has 3 rings (SSSR count). The number of amides is 2.